The molecule has 1 atom stereocenters. The Kier molecular flexibility index (Phi) is 5.11. The molecule has 106 valence electrons. The molecule has 1 aliphatic heterocycles. The lowest BCUT2D eigenvalue weighted by Gasteiger charge is -2.33. The second-order valence-corrected chi connectivity index (χ2v) is 6.11. The van der Waals surface area contributed by atoms with E-state index in [9.17, 15) is 4.79 Å². The van der Waals surface area contributed by atoms with E-state index in [4.69, 9.17) is 5.73 Å². The average molecular weight is 288 g/mol. The number of benzene rings is 1. The number of aryl methyl sites for hydroxylation is 1. The second kappa shape index (κ2) is 6.83. The third kappa shape index (κ3) is 3.36. The third-order valence-electron chi connectivity index (χ3n) is 3.43. The van der Waals surface area contributed by atoms with Crippen LogP contribution in [-0.2, 0) is 0 Å². The summed E-state index contributed by atoms with van der Waals surface area (Å²) in [6.45, 7) is 5.27. The van der Waals surface area contributed by atoms with Crippen molar-refractivity contribution in [3.63, 3.8) is 0 Å². The number of carbonyl (C=O) groups is 1. The van der Waals surface area contributed by atoms with Crippen molar-refractivity contribution in [2.75, 3.05) is 24.6 Å². The molecule has 0 bridgehead atoms. The van der Waals surface area contributed by atoms with Crippen LogP contribution in [0, 0.1) is 18.8 Å². The lowest BCUT2D eigenvalue weighted by atomic mass is 10.0. The van der Waals surface area contributed by atoms with Crippen LogP contribution in [0.1, 0.15) is 28.4 Å². The quantitative estimate of drug-likeness (QED) is 0.803. The predicted molar refractivity (Wildman–Crippen MR) is 84.9 cm³/mol. The van der Waals surface area contributed by atoms with Gasteiger partial charge in [0, 0.05) is 35.2 Å². The molecule has 3 nitrogen and oxygen atoms in total. The molecule has 1 amide bonds. The monoisotopic (exact) mass is 288 g/mol. The smallest absolute Gasteiger partial charge is 0.254 e. The highest BCUT2D eigenvalue weighted by atomic mass is 32.2. The molecule has 1 aromatic carbocycles. The van der Waals surface area contributed by atoms with E-state index in [-0.39, 0.29) is 5.91 Å². The molecule has 1 heterocycles. The summed E-state index contributed by atoms with van der Waals surface area (Å²) in [6, 6.07) is 6.01. The van der Waals surface area contributed by atoms with Gasteiger partial charge >= 0.3 is 0 Å². The average Bonchev–Trinajstić information content (AvgIpc) is 2.46. The minimum Gasteiger partial charge on any atom is -0.334 e. The highest BCUT2D eigenvalue weighted by Crippen LogP contribution is 2.20. The topological polar surface area (TPSA) is 46.3 Å². The number of nitrogens with two attached hydrogens (primary N) is 1. The second-order valence-electron chi connectivity index (χ2n) is 4.96. The summed E-state index contributed by atoms with van der Waals surface area (Å²) in [7, 11) is 0. The number of rotatable bonds is 1. The lowest BCUT2D eigenvalue weighted by molar-refractivity contribution is 0.0716. The first-order valence-corrected chi connectivity index (χ1v) is 7.97. The summed E-state index contributed by atoms with van der Waals surface area (Å²) in [5.74, 6) is 8.03. The van der Waals surface area contributed by atoms with Gasteiger partial charge in [0.2, 0.25) is 0 Å². The van der Waals surface area contributed by atoms with Crippen LogP contribution in [0.4, 0.5) is 0 Å². The molecular formula is C16H20N2OS. The number of hydrogen-bond acceptors (Lipinski definition) is 3. The molecular weight excluding hydrogens is 268 g/mol. The van der Waals surface area contributed by atoms with E-state index in [1.54, 1.807) is 0 Å². The van der Waals surface area contributed by atoms with E-state index in [0.29, 0.717) is 12.6 Å². The molecule has 4 heteroatoms. The van der Waals surface area contributed by atoms with Crippen molar-refractivity contribution in [1.29, 1.82) is 0 Å². The molecule has 0 spiro atoms. The zero-order valence-corrected chi connectivity index (χ0v) is 12.8. The number of thioether (sulfide) groups is 1. The molecule has 1 fully saturated rings. The van der Waals surface area contributed by atoms with Crippen LogP contribution in [0.25, 0.3) is 0 Å². The van der Waals surface area contributed by atoms with Crippen LogP contribution < -0.4 is 5.73 Å². The van der Waals surface area contributed by atoms with Gasteiger partial charge in [0.1, 0.15) is 0 Å². The molecule has 1 aliphatic rings. The van der Waals surface area contributed by atoms with E-state index in [0.717, 1.165) is 34.7 Å². The molecule has 2 rings (SSSR count). The SMILES string of the molecule is Cc1cc(C(=O)N2CCSCC2C)ccc1C#CCN. The zero-order chi connectivity index (χ0) is 14.5. The summed E-state index contributed by atoms with van der Waals surface area (Å²) in [5, 5.41) is 0. The zero-order valence-electron chi connectivity index (χ0n) is 12.0. The van der Waals surface area contributed by atoms with Gasteiger partial charge in [-0.05, 0) is 37.6 Å². The Hall–Kier alpha value is -1.44. The Morgan fingerprint density at radius 3 is 3.00 bits per heavy atom. The fourth-order valence-corrected chi connectivity index (χ4v) is 3.29. The number of hydrogen-bond donors (Lipinski definition) is 1. The van der Waals surface area contributed by atoms with Gasteiger partial charge in [-0.15, -0.1) is 0 Å². The predicted octanol–water partition coefficient (Wildman–Crippen LogP) is 1.88. The van der Waals surface area contributed by atoms with Crippen LogP contribution in [0.15, 0.2) is 18.2 Å². The minimum absolute atomic E-state index is 0.124. The van der Waals surface area contributed by atoms with Crippen LogP contribution in [0.3, 0.4) is 0 Å². The maximum Gasteiger partial charge on any atom is 0.254 e. The van der Waals surface area contributed by atoms with Gasteiger partial charge in [-0.1, -0.05) is 11.8 Å². The fraction of sp³-hybridized carbons (Fsp3) is 0.438. The van der Waals surface area contributed by atoms with Crippen molar-refractivity contribution in [3.05, 3.63) is 34.9 Å². The molecule has 1 saturated heterocycles. The van der Waals surface area contributed by atoms with Crippen molar-refractivity contribution in [2.24, 2.45) is 5.73 Å². The number of amides is 1. The summed E-state index contributed by atoms with van der Waals surface area (Å²) in [4.78, 5) is 14.5. The normalized spacial score (nSPS) is 18.4. The van der Waals surface area contributed by atoms with Crippen LogP contribution in [-0.4, -0.2) is 41.4 Å². The highest BCUT2D eigenvalue weighted by molar-refractivity contribution is 7.99. The standard InChI is InChI=1S/C16H20N2OS/c1-12-10-15(6-5-14(12)4-3-7-17)16(19)18-8-9-20-11-13(18)2/h5-6,10,13H,7-9,11,17H2,1-2H3. The summed E-state index contributed by atoms with van der Waals surface area (Å²) < 4.78 is 0. The van der Waals surface area contributed by atoms with Crippen molar-refractivity contribution >= 4 is 17.7 Å². The van der Waals surface area contributed by atoms with Gasteiger partial charge in [-0.25, -0.2) is 0 Å². The van der Waals surface area contributed by atoms with Gasteiger partial charge < -0.3 is 10.6 Å². The first-order chi connectivity index (χ1) is 9.63. The summed E-state index contributed by atoms with van der Waals surface area (Å²) >= 11 is 1.91. The Morgan fingerprint density at radius 1 is 1.55 bits per heavy atom. The van der Waals surface area contributed by atoms with Gasteiger partial charge in [-0.3, -0.25) is 4.79 Å². The fourth-order valence-electron chi connectivity index (χ4n) is 2.28. The number of carbonyl (C=O) groups excluding carboxylic acids is 1. The van der Waals surface area contributed by atoms with Crippen molar-refractivity contribution in [3.8, 4) is 11.8 Å². The van der Waals surface area contributed by atoms with E-state index < -0.39 is 0 Å². The molecule has 1 unspecified atom stereocenters. The molecule has 0 radical (unpaired) electrons. The van der Waals surface area contributed by atoms with Crippen molar-refractivity contribution in [1.82, 2.24) is 4.90 Å². The number of nitrogens with zero attached hydrogens (tertiary/aromatic N) is 1. The largest absolute Gasteiger partial charge is 0.334 e. The molecule has 2 N–H and O–H groups in total. The van der Waals surface area contributed by atoms with E-state index >= 15 is 0 Å². The summed E-state index contributed by atoms with van der Waals surface area (Å²) in [6.07, 6.45) is 0. The molecule has 0 saturated carbocycles. The van der Waals surface area contributed by atoms with Gasteiger partial charge in [-0.2, -0.15) is 11.8 Å². The minimum atomic E-state index is 0.124. The molecule has 1 aromatic rings. The van der Waals surface area contributed by atoms with Crippen molar-refractivity contribution in [2.45, 2.75) is 19.9 Å². The van der Waals surface area contributed by atoms with Gasteiger partial charge in [0.25, 0.3) is 5.91 Å². The Bertz CT molecular complexity index is 559. The first kappa shape index (κ1) is 15.0. The molecule has 0 aromatic heterocycles. The van der Waals surface area contributed by atoms with Crippen LogP contribution in [0.5, 0.6) is 0 Å². The Morgan fingerprint density at radius 2 is 2.35 bits per heavy atom. The van der Waals surface area contributed by atoms with E-state index in [1.807, 2.05) is 41.8 Å². The Labute approximate surface area is 124 Å². The lowest BCUT2D eigenvalue weighted by Crippen LogP contribution is -2.44. The van der Waals surface area contributed by atoms with Crippen molar-refractivity contribution < 1.29 is 4.79 Å². The third-order valence-corrected chi connectivity index (χ3v) is 4.62. The highest BCUT2D eigenvalue weighted by Gasteiger charge is 2.24. The maximum atomic E-state index is 12.5. The van der Waals surface area contributed by atoms with Gasteiger partial charge in [0.05, 0.1) is 6.54 Å². The molecule has 0 aliphatic carbocycles. The maximum absolute atomic E-state index is 12.5. The van der Waals surface area contributed by atoms with E-state index in [1.165, 1.54) is 0 Å². The van der Waals surface area contributed by atoms with Crippen LogP contribution >= 0.6 is 11.8 Å². The van der Waals surface area contributed by atoms with Crippen LogP contribution in [0.2, 0.25) is 0 Å². The first-order valence-electron chi connectivity index (χ1n) is 6.81. The molecule has 20 heavy (non-hydrogen) atoms. The van der Waals surface area contributed by atoms with E-state index in [2.05, 4.69) is 18.8 Å². The summed E-state index contributed by atoms with van der Waals surface area (Å²) in [5.41, 5.74) is 8.09. The Balaban J connectivity index is 2.20. The van der Waals surface area contributed by atoms with Gasteiger partial charge in [0.15, 0.2) is 0 Å².